The molecule has 1 fully saturated rings. The van der Waals surface area contributed by atoms with Gasteiger partial charge in [-0.15, -0.1) is 0 Å². The molecule has 1 aliphatic heterocycles. The highest BCUT2D eigenvalue weighted by Gasteiger charge is 2.19. The molecular weight excluding hydrogens is 354 g/mol. The highest BCUT2D eigenvalue weighted by Crippen LogP contribution is 2.38. The molecule has 0 bridgehead atoms. The van der Waals surface area contributed by atoms with E-state index in [2.05, 4.69) is 46.1 Å². The van der Waals surface area contributed by atoms with Crippen molar-refractivity contribution in [3.63, 3.8) is 0 Å². The molecule has 0 spiro atoms. The Bertz CT molecular complexity index is 970. The fourth-order valence-electron chi connectivity index (χ4n) is 3.60. The van der Waals surface area contributed by atoms with Gasteiger partial charge in [-0.05, 0) is 52.8 Å². The maximum Gasteiger partial charge on any atom is 0.0994 e. The van der Waals surface area contributed by atoms with Crippen LogP contribution in [-0.4, -0.2) is 30.2 Å². The van der Waals surface area contributed by atoms with Gasteiger partial charge in [-0.2, -0.15) is 5.26 Å². The number of rotatable bonds is 4. The second kappa shape index (κ2) is 8.01. The maximum atomic E-state index is 9.23. The highest BCUT2D eigenvalue weighted by atomic mass is 32.1. The Hall–Kier alpha value is -2.52. The van der Waals surface area contributed by atoms with Crippen LogP contribution in [0.15, 0.2) is 48.7 Å². The third-order valence-corrected chi connectivity index (χ3v) is 5.71. The van der Waals surface area contributed by atoms with E-state index in [1.807, 2.05) is 25.3 Å². The Kier molecular flexibility index (Phi) is 5.30. The van der Waals surface area contributed by atoms with Crippen molar-refractivity contribution in [1.29, 1.82) is 5.26 Å². The molecule has 5 heteroatoms. The van der Waals surface area contributed by atoms with Gasteiger partial charge in [0.05, 0.1) is 29.2 Å². The summed E-state index contributed by atoms with van der Waals surface area (Å²) in [6.07, 6.45) is 2.90. The molecule has 0 radical (unpaired) electrons. The lowest BCUT2D eigenvalue weighted by atomic mass is 9.90. The van der Waals surface area contributed by atoms with Crippen LogP contribution in [-0.2, 0) is 11.2 Å². The molecule has 1 saturated heterocycles. The summed E-state index contributed by atoms with van der Waals surface area (Å²) in [4.78, 5) is 1.16. The number of ether oxygens (including phenoxy) is 1. The minimum atomic E-state index is 0.184. The van der Waals surface area contributed by atoms with Gasteiger partial charge in [-0.3, -0.25) is 0 Å². The molecule has 0 amide bonds. The quantitative estimate of drug-likeness (QED) is 0.743. The van der Waals surface area contributed by atoms with Crippen molar-refractivity contribution in [2.24, 2.45) is 0 Å². The minimum absolute atomic E-state index is 0.184. The molecule has 0 saturated carbocycles. The van der Waals surface area contributed by atoms with E-state index in [4.69, 9.17) is 4.74 Å². The van der Waals surface area contributed by atoms with E-state index < -0.39 is 0 Å². The normalized spacial score (nSPS) is 16.8. The summed E-state index contributed by atoms with van der Waals surface area (Å²) in [5.41, 5.74) is 6.50. The van der Waals surface area contributed by atoms with Crippen LogP contribution in [0, 0.1) is 18.3 Å². The molecular formula is C22H21N3OS. The summed E-state index contributed by atoms with van der Waals surface area (Å²) in [6, 6.07) is 16.8. The van der Waals surface area contributed by atoms with Crippen molar-refractivity contribution < 1.29 is 4.74 Å². The molecule has 2 aromatic carbocycles. The smallest absolute Gasteiger partial charge is 0.0994 e. The summed E-state index contributed by atoms with van der Waals surface area (Å²) >= 11 is 1.51. The second-order valence-electron chi connectivity index (χ2n) is 6.76. The summed E-state index contributed by atoms with van der Waals surface area (Å²) in [5, 5.41) is 12.6. The third-order valence-electron chi connectivity index (χ3n) is 4.94. The molecule has 1 unspecified atom stereocenters. The van der Waals surface area contributed by atoms with Gasteiger partial charge in [-0.1, -0.05) is 30.3 Å². The first-order chi connectivity index (χ1) is 13.3. The van der Waals surface area contributed by atoms with E-state index >= 15 is 0 Å². The van der Waals surface area contributed by atoms with Gasteiger partial charge in [0.2, 0.25) is 0 Å². The number of hydrogen-bond acceptors (Lipinski definition) is 5. The van der Waals surface area contributed by atoms with Gasteiger partial charge in [0.15, 0.2) is 0 Å². The van der Waals surface area contributed by atoms with Crippen molar-refractivity contribution in [3.8, 4) is 27.6 Å². The number of morpholine rings is 1. The Labute approximate surface area is 163 Å². The number of benzene rings is 2. The highest BCUT2D eigenvalue weighted by molar-refractivity contribution is 7.09. The lowest BCUT2D eigenvalue weighted by Gasteiger charge is -2.25. The van der Waals surface area contributed by atoms with Crippen molar-refractivity contribution in [1.82, 2.24) is 9.69 Å². The molecule has 27 heavy (non-hydrogen) atoms. The average Bonchev–Trinajstić information content (AvgIpc) is 3.23. The molecule has 1 atom stereocenters. The standard InChI is InChI=1S/C22H21N3OS/c1-15-11-16(5-6-18(15)13-23)20-4-2-3-17(12-19-14-24-9-10-26-19)22(20)21-7-8-25-27-21/h2-8,11,19,24H,9-10,12,14H2,1H3. The number of aromatic nitrogens is 1. The van der Waals surface area contributed by atoms with Crippen LogP contribution in [0.2, 0.25) is 0 Å². The van der Waals surface area contributed by atoms with Gasteiger partial charge < -0.3 is 10.1 Å². The first-order valence-corrected chi connectivity index (χ1v) is 9.90. The number of nitrogens with zero attached hydrogens (tertiary/aromatic N) is 2. The lowest BCUT2D eigenvalue weighted by molar-refractivity contribution is 0.0293. The molecule has 136 valence electrons. The predicted molar refractivity (Wildman–Crippen MR) is 109 cm³/mol. The maximum absolute atomic E-state index is 9.23. The zero-order chi connectivity index (χ0) is 18.6. The summed E-state index contributed by atoms with van der Waals surface area (Å²) in [6.45, 7) is 4.54. The first-order valence-electron chi connectivity index (χ1n) is 9.12. The Morgan fingerprint density at radius 3 is 2.93 bits per heavy atom. The molecule has 1 N–H and O–H groups in total. The van der Waals surface area contributed by atoms with E-state index in [1.165, 1.54) is 28.2 Å². The number of nitriles is 1. The van der Waals surface area contributed by atoms with Crippen LogP contribution in [0.3, 0.4) is 0 Å². The third kappa shape index (κ3) is 3.79. The Balaban J connectivity index is 1.80. The largest absolute Gasteiger partial charge is 0.375 e. The molecule has 3 aromatic rings. The van der Waals surface area contributed by atoms with Crippen molar-refractivity contribution in [3.05, 3.63) is 65.4 Å². The van der Waals surface area contributed by atoms with E-state index in [1.54, 1.807) is 0 Å². The van der Waals surface area contributed by atoms with E-state index in [9.17, 15) is 5.26 Å². The van der Waals surface area contributed by atoms with E-state index in [0.717, 1.165) is 47.7 Å². The van der Waals surface area contributed by atoms with Crippen LogP contribution in [0.4, 0.5) is 0 Å². The minimum Gasteiger partial charge on any atom is -0.375 e. The molecule has 4 nitrogen and oxygen atoms in total. The molecule has 1 aliphatic rings. The van der Waals surface area contributed by atoms with Gasteiger partial charge in [0, 0.05) is 31.3 Å². The van der Waals surface area contributed by atoms with Crippen LogP contribution in [0.5, 0.6) is 0 Å². The van der Waals surface area contributed by atoms with Crippen LogP contribution < -0.4 is 5.32 Å². The molecule has 0 aliphatic carbocycles. The topological polar surface area (TPSA) is 57.9 Å². The van der Waals surface area contributed by atoms with E-state index in [-0.39, 0.29) is 6.10 Å². The van der Waals surface area contributed by atoms with Crippen molar-refractivity contribution >= 4 is 11.5 Å². The van der Waals surface area contributed by atoms with Gasteiger partial charge in [0.1, 0.15) is 0 Å². The fourth-order valence-corrected chi connectivity index (χ4v) is 4.29. The Morgan fingerprint density at radius 1 is 1.30 bits per heavy atom. The summed E-state index contributed by atoms with van der Waals surface area (Å²) in [7, 11) is 0. The first kappa shape index (κ1) is 17.9. The zero-order valence-corrected chi connectivity index (χ0v) is 16.1. The van der Waals surface area contributed by atoms with Crippen molar-refractivity contribution in [2.45, 2.75) is 19.4 Å². The summed E-state index contributed by atoms with van der Waals surface area (Å²) < 4.78 is 10.3. The summed E-state index contributed by atoms with van der Waals surface area (Å²) in [5.74, 6) is 0. The Morgan fingerprint density at radius 2 is 2.22 bits per heavy atom. The molecule has 2 heterocycles. The molecule has 1 aromatic heterocycles. The average molecular weight is 375 g/mol. The monoisotopic (exact) mass is 375 g/mol. The zero-order valence-electron chi connectivity index (χ0n) is 15.2. The lowest BCUT2D eigenvalue weighted by Crippen LogP contribution is -2.39. The van der Waals surface area contributed by atoms with Crippen LogP contribution >= 0.6 is 11.5 Å². The van der Waals surface area contributed by atoms with Gasteiger partial charge in [-0.25, -0.2) is 4.37 Å². The predicted octanol–water partition coefficient (Wildman–Crippen LogP) is 4.19. The van der Waals surface area contributed by atoms with Gasteiger partial charge in [0.25, 0.3) is 0 Å². The van der Waals surface area contributed by atoms with E-state index in [0.29, 0.717) is 0 Å². The second-order valence-corrected chi connectivity index (χ2v) is 7.59. The van der Waals surface area contributed by atoms with Crippen LogP contribution in [0.1, 0.15) is 16.7 Å². The fraction of sp³-hybridized carbons (Fsp3) is 0.273. The molecule has 4 rings (SSSR count). The number of aryl methyl sites for hydroxylation is 1. The van der Waals surface area contributed by atoms with Crippen molar-refractivity contribution in [2.75, 3.05) is 19.7 Å². The van der Waals surface area contributed by atoms with Crippen LogP contribution in [0.25, 0.3) is 21.6 Å². The number of nitrogens with one attached hydrogen (secondary N) is 1. The SMILES string of the molecule is Cc1cc(-c2cccc(CC3CNCCO3)c2-c2ccns2)ccc1C#N. The number of hydrogen-bond donors (Lipinski definition) is 1. The van der Waals surface area contributed by atoms with Gasteiger partial charge >= 0.3 is 0 Å².